The molecule has 0 atom stereocenters. The molecule has 2 rings (SSSR count). The van der Waals surface area contributed by atoms with Crippen molar-refractivity contribution in [1.29, 1.82) is 0 Å². The van der Waals surface area contributed by atoms with E-state index in [0.29, 0.717) is 10.6 Å². The van der Waals surface area contributed by atoms with Gasteiger partial charge in [0.2, 0.25) is 5.89 Å². The number of aromatic nitrogens is 1. The van der Waals surface area contributed by atoms with E-state index in [9.17, 15) is 0 Å². The minimum Gasteiger partial charge on any atom is -0.429 e. The van der Waals surface area contributed by atoms with E-state index in [0.717, 1.165) is 5.56 Å². The zero-order valence-corrected chi connectivity index (χ0v) is 7.78. The molecule has 1 heterocycles. The molecule has 1 aromatic carbocycles. The van der Waals surface area contributed by atoms with Crippen molar-refractivity contribution in [2.24, 2.45) is 0 Å². The number of oxazole rings is 1. The highest BCUT2D eigenvalue weighted by Crippen LogP contribution is 2.20. The summed E-state index contributed by atoms with van der Waals surface area (Å²) < 4.78 is 5.93. The molecule has 0 spiro atoms. The number of benzene rings is 1. The predicted octanol–water partition coefficient (Wildman–Crippen LogP) is 3.10. The number of rotatable bonds is 1. The van der Waals surface area contributed by atoms with Crippen LogP contribution >= 0.6 is 15.9 Å². The van der Waals surface area contributed by atoms with Crippen molar-refractivity contribution in [2.45, 2.75) is 0 Å². The van der Waals surface area contributed by atoms with Gasteiger partial charge in [0.25, 0.3) is 0 Å². The molecule has 0 amide bonds. The van der Waals surface area contributed by atoms with Crippen LogP contribution in [0.4, 0.5) is 0 Å². The maximum Gasteiger partial charge on any atom is 0.227 e. The Morgan fingerprint density at radius 2 is 1.92 bits per heavy atom. The standard InChI is InChI=1S/C9H6BrNO/c10-8-6-11-9(12-8)7-4-2-1-3-5-7/h1-6H. The Balaban J connectivity index is 2.45. The summed E-state index contributed by atoms with van der Waals surface area (Å²) in [6.07, 6.45) is 1.64. The van der Waals surface area contributed by atoms with Crippen molar-refractivity contribution in [2.75, 3.05) is 0 Å². The Bertz CT molecular complexity index is 369. The van der Waals surface area contributed by atoms with E-state index in [1.54, 1.807) is 6.20 Å². The molecule has 0 radical (unpaired) electrons. The van der Waals surface area contributed by atoms with Crippen LogP contribution in [0.3, 0.4) is 0 Å². The summed E-state index contributed by atoms with van der Waals surface area (Å²) in [7, 11) is 0. The lowest BCUT2D eigenvalue weighted by Crippen LogP contribution is -1.73. The minimum absolute atomic E-state index is 0.641. The highest BCUT2D eigenvalue weighted by atomic mass is 79.9. The molecule has 12 heavy (non-hydrogen) atoms. The van der Waals surface area contributed by atoms with E-state index in [-0.39, 0.29) is 0 Å². The summed E-state index contributed by atoms with van der Waals surface area (Å²) in [5, 5.41) is 0. The van der Waals surface area contributed by atoms with Crippen LogP contribution in [-0.2, 0) is 0 Å². The fraction of sp³-hybridized carbons (Fsp3) is 0. The van der Waals surface area contributed by atoms with Crippen molar-refractivity contribution in [1.82, 2.24) is 4.98 Å². The molecule has 2 aromatic rings. The number of hydrogen-bond acceptors (Lipinski definition) is 2. The Kier molecular flexibility index (Phi) is 1.96. The number of nitrogens with zero attached hydrogens (tertiary/aromatic N) is 1. The first kappa shape index (κ1) is 7.55. The van der Waals surface area contributed by atoms with E-state index in [1.165, 1.54) is 0 Å². The molecule has 2 nitrogen and oxygen atoms in total. The van der Waals surface area contributed by atoms with E-state index >= 15 is 0 Å². The van der Waals surface area contributed by atoms with Gasteiger partial charge in [-0.05, 0) is 28.1 Å². The summed E-state index contributed by atoms with van der Waals surface area (Å²) in [4.78, 5) is 4.07. The third-order valence-corrected chi connectivity index (χ3v) is 1.86. The normalized spacial score (nSPS) is 10.1. The van der Waals surface area contributed by atoms with Gasteiger partial charge in [-0.15, -0.1) is 0 Å². The zero-order chi connectivity index (χ0) is 8.39. The molecular formula is C9H6BrNO. The second kappa shape index (κ2) is 3.11. The Labute approximate surface area is 78.4 Å². The van der Waals surface area contributed by atoms with Crippen molar-refractivity contribution in [3.8, 4) is 11.5 Å². The molecule has 1 aromatic heterocycles. The largest absolute Gasteiger partial charge is 0.429 e. The first-order valence-electron chi connectivity index (χ1n) is 3.53. The fourth-order valence-corrected chi connectivity index (χ4v) is 1.22. The molecule has 0 saturated carbocycles. The second-order valence-electron chi connectivity index (χ2n) is 2.34. The van der Waals surface area contributed by atoms with Crippen molar-refractivity contribution in [3.63, 3.8) is 0 Å². The number of halogens is 1. The third-order valence-electron chi connectivity index (χ3n) is 1.50. The van der Waals surface area contributed by atoms with Gasteiger partial charge in [0.1, 0.15) is 0 Å². The van der Waals surface area contributed by atoms with Crippen LogP contribution in [0.5, 0.6) is 0 Å². The Morgan fingerprint density at radius 1 is 1.17 bits per heavy atom. The molecule has 60 valence electrons. The van der Waals surface area contributed by atoms with Gasteiger partial charge in [-0.3, -0.25) is 0 Å². The zero-order valence-electron chi connectivity index (χ0n) is 6.20. The molecule has 0 unspecified atom stereocenters. The predicted molar refractivity (Wildman–Crippen MR) is 49.6 cm³/mol. The molecule has 0 bridgehead atoms. The Morgan fingerprint density at radius 3 is 2.50 bits per heavy atom. The van der Waals surface area contributed by atoms with Crippen molar-refractivity contribution < 1.29 is 4.42 Å². The van der Waals surface area contributed by atoms with Crippen LogP contribution in [0, 0.1) is 0 Å². The van der Waals surface area contributed by atoms with Crippen LogP contribution in [0.2, 0.25) is 0 Å². The van der Waals surface area contributed by atoms with Gasteiger partial charge in [-0.2, -0.15) is 0 Å². The van der Waals surface area contributed by atoms with Gasteiger partial charge >= 0.3 is 0 Å². The van der Waals surface area contributed by atoms with E-state index in [2.05, 4.69) is 20.9 Å². The molecule has 0 N–H and O–H groups in total. The summed E-state index contributed by atoms with van der Waals surface area (Å²) in [5.41, 5.74) is 0.989. The summed E-state index contributed by atoms with van der Waals surface area (Å²) >= 11 is 3.20. The number of hydrogen-bond donors (Lipinski definition) is 0. The summed E-state index contributed by atoms with van der Waals surface area (Å²) in [5.74, 6) is 0.641. The first-order chi connectivity index (χ1) is 5.86. The van der Waals surface area contributed by atoms with E-state index in [4.69, 9.17) is 4.42 Å². The van der Waals surface area contributed by atoms with Gasteiger partial charge in [0.05, 0.1) is 6.20 Å². The van der Waals surface area contributed by atoms with Crippen LogP contribution in [-0.4, -0.2) is 4.98 Å². The topological polar surface area (TPSA) is 26.0 Å². The van der Waals surface area contributed by atoms with E-state index in [1.807, 2.05) is 30.3 Å². The molecule has 0 aliphatic rings. The lowest BCUT2D eigenvalue weighted by molar-refractivity contribution is 0.549. The smallest absolute Gasteiger partial charge is 0.227 e. The first-order valence-corrected chi connectivity index (χ1v) is 4.32. The molecule has 0 fully saturated rings. The average molecular weight is 224 g/mol. The van der Waals surface area contributed by atoms with Gasteiger partial charge in [-0.25, -0.2) is 4.98 Å². The van der Waals surface area contributed by atoms with Crippen molar-refractivity contribution in [3.05, 3.63) is 41.2 Å². The minimum atomic E-state index is 0.641. The van der Waals surface area contributed by atoms with Crippen LogP contribution < -0.4 is 0 Å². The van der Waals surface area contributed by atoms with Crippen molar-refractivity contribution >= 4 is 15.9 Å². The highest BCUT2D eigenvalue weighted by Gasteiger charge is 2.02. The SMILES string of the molecule is Brc1cnc(-c2ccccc2)o1. The molecule has 0 aliphatic carbocycles. The third kappa shape index (κ3) is 1.41. The maximum atomic E-state index is 5.28. The van der Waals surface area contributed by atoms with Crippen LogP contribution in [0.1, 0.15) is 0 Å². The van der Waals surface area contributed by atoms with Gasteiger partial charge in [0.15, 0.2) is 4.67 Å². The summed E-state index contributed by atoms with van der Waals surface area (Å²) in [6.45, 7) is 0. The second-order valence-corrected chi connectivity index (χ2v) is 3.12. The quantitative estimate of drug-likeness (QED) is 0.743. The fourth-order valence-electron chi connectivity index (χ4n) is 0.969. The lowest BCUT2D eigenvalue weighted by atomic mass is 10.2. The molecular weight excluding hydrogens is 218 g/mol. The van der Waals surface area contributed by atoms with Crippen LogP contribution in [0.15, 0.2) is 45.6 Å². The van der Waals surface area contributed by atoms with Gasteiger partial charge < -0.3 is 4.42 Å². The maximum absolute atomic E-state index is 5.28. The molecule has 3 heteroatoms. The monoisotopic (exact) mass is 223 g/mol. The highest BCUT2D eigenvalue weighted by molar-refractivity contribution is 9.10. The van der Waals surface area contributed by atoms with Crippen LogP contribution in [0.25, 0.3) is 11.5 Å². The van der Waals surface area contributed by atoms with E-state index < -0.39 is 0 Å². The molecule has 0 saturated heterocycles. The Hall–Kier alpha value is -1.09. The average Bonchev–Trinajstić information content (AvgIpc) is 2.54. The van der Waals surface area contributed by atoms with Gasteiger partial charge in [0, 0.05) is 5.56 Å². The lowest BCUT2D eigenvalue weighted by Gasteiger charge is -1.91. The van der Waals surface area contributed by atoms with Gasteiger partial charge in [-0.1, -0.05) is 18.2 Å². The summed E-state index contributed by atoms with van der Waals surface area (Å²) in [6, 6.07) is 9.78. The molecule has 0 aliphatic heterocycles.